The quantitative estimate of drug-likeness (QED) is 0.794. The van der Waals surface area contributed by atoms with E-state index in [0.717, 1.165) is 29.7 Å². The Morgan fingerprint density at radius 2 is 2.06 bits per heavy atom. The zero-order chi connectivity index (χ0) is 21.8. The number of aliphatic imine (C=N–C) groups is 1. The molecule has 6 nitrogen and oxygen atoms in total. The van der Waals surface area contributed by atoms with E-state index in [1.807, 2.05) is 23.4 Å². The van der Waals surface area contributed by atoms with E-state index in [4.69, 9.17) is 4.84 Å². The number of rotatable bonds is 5. The van der Waals surface area contributed by atoms with E-state index >= 15 is 0 Å². The normalized spacial score (nSPS) is 25.5. The Bertz CT molecular complexity index is 1080. The minimum absolute atomic E-state index is 0.200. The predicted molar refractivity (Wildman–Crippen MR) is 126 cm³/mol. The van der Waals surface area contributed by atoms with E-state index < -0.39 is 0 Å². The highest BCUT2D eigenvalue weighted by molar-refractivity contribution is 5.99. The maximum atomic E-state index is 10.8. The molecule has 0 saturated heterocycles. The van der Waals surface area contributed by atoms with Gasteiger partial charge in [-0.15, -0.1) is 0 Å². The van der Waals surface area contributed by atoms with Crippen LogP contribution in [0.15, 0.2) is 46.6 Å². The summed E-state index contributed by atoms with van der Waals surface area (Å²) in [5.74, 6) is 0.332. The molecule has 1 fully saturated rings. The van der Waals surface area contributed by atoms with Crippen molar-refractivity contribution >= 4 is 22.7 Å². The molecule has 2 aliphatic heterocycles. The Kier molecular flexibility index (Phi) is 4.94. The summed E-state index contributed by atoms with van der Waals surface area (Å²) in [6.07, 6.45) is 4.05. The van der Waals surface area contributed by atoms with Crippen LogP contribution in [0.5, 0.6) is 5.75 Å². The third-order valence-electron chi connectivity index (χ3n) is 7.14. The standard InChI is InChI=1S/C25H32N4O2/c1-17-6-5-7-20-19(17)8-9-22(30)24(20)28-11-10-18-13-26-16-29(21(18)14-28)31-15-25(2)12-23(25)27(3)4/h5-9,13,23,30H,10-12,14-16H2,1-4H3. The number of hydrogen-bond acceptors (Lipinski definition) is 6. The molecule has 2 atom stereocenters. The first-order valence-corrected chi connectivity index (χ1v) is 11.1. The summed E-state index contributed by atoms with van der Waals surface area (Å²) in [5.41, 5.74) is 4.74. The van der Waals surface area contributed by atoms with E-state index in [9.17, 15) is 5.11 Å². The fourth-order valence-electron chi connectivity index (χ4n) is 5.15. The average molecular weight is 421 g/mol. The van der Waals surface area contributed by atoms with Crippen LogP contribution in [0.1, 0.15) is 25.3 Å². The fourth-order valence-corrected chi connectivity index (χ4v) is 5.15. The van der Waals surface area contributed by atoms with Crippen molar-refractivity contribution in [2.45, 2.75) is 32.7 Å². The van der Waals surface area contributed by atoms with Gasteiger partial charge in [0.1, 0.15) is 12.4 Å². The number of hydroxylamine groups is 2. The molecule has 0 amide bonds. The van der Waals surface area contributed by atoms with Gasteiger partial charge in [0, 0.05) is 29.6 Å². The van der Waals surface area contributed by atoms with Gasteiger partial charge in [-0.05, 0) is 56.4 Å². The lowest BCUT2D eigenvalue weighted by Gasteiger charge is -2.38. The largest absolute Gasteiger partial charge is 0.506 e. The van der Waals surface area contributed by atoms with Crippen molar-refractivity contribution in [3.8, 4) is 5.75 Å². The van der Waals surface area contributed by atoms with E-state index in [1.165, 1.54) is 22.9 Å². The average Bonchev–Trinajstić information content (AvgIpc) is 3.44. The summed E-state index contributed by atoms with van der Waals surface area (Å²) in [6.45, 7) is 7.18. The Morgan fingerprint density at radius 3 is 2.84 bits per heavy atom. The van der Waals surface area contributed by atoms with Crippen LogP contribution in [0, 0.1) is 12.3 Å². The summed E-state index contributed by atoms with van der Waals surface area (Å²) < 4.78 is 0. The van der Waals surface area contributed by atoms with Crippen molar-refractivity contribution in [1.29, 1.82) is 0 Å². The van der Waals surface area contributed by atoms with Crippen LogP contribution >= 0.6 is 0 Å². The van der Waals surface area contributed by atoms with Gasteiger partial charge in [0.25, 0.3) is 0 Å². The van der Waals surface area contributed by atoms with Gasteiger partial charge in [0.15, 0.2) is 0 Å². The van der Waals surface area contributed by atoms with Gasteiger partial charge in [-0.1, -0.05) is 31.2 Å². The van der Waals surface area contributed by atoms with E-state index in [2.05, 4.69) is 60.9 Å². The number of aromatic hydroxyl groups is 1. The Hall–Kier alpha value is -2.57. The second-order valence-corrected chi connectivity index (χ2v) is 9.69. The van der Waals surface area contributed by atoms with Crippen LogP contribution in [-0.4, -0.2) is 67.8 Å². The summed E-state index contributed by atoms with van der Waals surface area (Å²) in [7, 11) is 4.28. The van der Waals surface area contributed by atoms with E-state index in [-0.39, 0.29) is 5.41 Å². The second kappa shape index (κ2) is 7.53. The number of phenols is 1. The van der Waals surface area contributed by atoms with Gasteiger partial charge in [-0.25, -0.2) is 5.06 Å². The van der Waals surface area contributed by atoms with Gasteiger partial charge < -0.3 is 14.9 Å². The minimum atomic E-state index is 0.200. The number of anilines is 1. The SMILES string of the molecule is Cc1cccc2c(N3CCC4=C(C3)N(OCC3(C)CC3N(C)C)CN=C4)c(O)ccc12. The molecule has 2 unspecified atom stereocenters. The lowest BCUT2D eigenvalue weighted by molar-refractivity contribution is -0.148. The number of benzene rings is 2. The summed E-state index contributed by atoms with van der Waals surface area (Å²) in [5, 5.41) is 15.0. The van der Waals surface area contributed by atoms with Crippen LogP contribution < -0.4 is 4.90 Å². The molecule has 0 spiro atoms. The van der Waals surface area contributed by atoms with Gasteiger partial charge in [-0.3, -0.25) is 9.83 Å². The van der Waals surface area contributed by atoms with Crippen molar-refractivity contribution in [1.82, 2.24) is 9.96 Å². The van der Waals surface area contributed by atoms with Crippen molar-refractivity contribution in [3.05, 3.63) is 47.2 Å². The van der Waals surface area contributed by atoms with Crippen molar-refractivity contribution < 1.29 is 9.94 Å². The molecule has 2 heterocycles. The Labute approximate surface area is 184 Å². The zero-order valence-corrected chi connectivity index (χ0v) is 18.9. The molecule has 2 aromatic carbocycles. The summed E-state index contributed by atoms with van der Waals surface area (Å²) >= 11 is 0. The number of aryl methyl sites for hydroxylation is 1. The molecule has 2 aromatic rings. The molecule has 164 valence electrons. The topological polar surface area (TPSA) is 51.5 Å². The summed E-state index contributed by atoms with van der Waals surface area (Å²) in [4.78, 5) is 15.4. The van der Waals surface area contributed by atoms with E-state index in [0.29, 0.717) is 31.6 Å². The first kappa shape index (κ1) is 20.3. The third-order valence-corrected chi connectivity index (χ3v) is 7.14. The highest BCUT2D eigenvalue weighted by Crippen LogP contribution is 2.48. The molecule has 1 saturated carbocycles. The highest BCUT2D eigenvalue weighted by atomic mass is 16.7. The second-order valence-electron chi connectivity index (χ2n) is 9.69. The van der Waals surface area contributed by atoms with E-state index in [1.54, 1.807) is 0 Å². The molecule has 0 radical (unpaired) electrons. The smallest absolute Gasteiger partial charge is 0.139 e. The van der Waals surface area contributed by atoms with Gasteiger partial charge >= 0.3 is 0 Å². The lowest BCUT2D eigenvalue weighted by atomic mass is 9.99. The Morgan fingerprint density at radius 1 is 1.23 bits per heavy atom. The molecular formula is C25H32N4O2. The monoisotopic (exact) mass is 420 g/mol. The third kappa shape index (κ3) is 3.58. The molecule has 1 N–H and O–H groups in total. The zero-order valence-electron chi connectivity index (χ0n) is 18.9. The minimum Gasteiger partial charge on any atom is -0.506 e. The number of phenolic OH excluding ortho intramolecular Hbond substituents is 1. The van der Waals surface area contributed by atoms with Crippen LogP contribution in [0.4, 0.5) is 5.69 Å². The van der Waals surface area contributed by atoms with Crippen LogP contribution in [-0.2, 0) is 4.84 Å². The van der Waals surface area contributed by atoms with Gasteiger partial charge in [0.2, 0.25) is 0 Å². The molecule has 31 heavy (non-hydrogen) atoms. The maximum Gasteiger partial charge on any atom is 0.139 e. The van der Waals surface area contributed by atoms with Crippen molar-refractivity contribution in [3.63, 3.8) is 0 Å². The Balaban J connectivity index is 1.39. The van der Waals surface area contributed by atoms with Gasteiger partial charge in [0.05, 0.1) is 24.5 Å². The predicted octanol–water partition coefficient (Wildman–Crippen LogP) is 3.93. The molecule has 1 aliphatic carbocycles. The highest BCUT2D eigenvalue weighted by Gasteiger charge is 2.52. The molecule has 3 aliphatic rings. The first-order chi connectivity index (χ1) is 14.9. The molecular weight excluding hydrogens is 388 g/mol. The molecule has 0 aromatic heterocycles. The van der Waals surface area contributed by atoms with Gasteiger partial charge in [-0.2, -0.15) is 0 Å². The van der Waals surface area contributed by atoms with Crippen molar-refractivity contribution in [2.75, 3.05) is 45.4 Å². The van der Waals surface area contributed by atoms with Crippen LogP contribution in [0.25, 0.3) is 10.8 Å². The van der Waals surface area contributed by atoms with Crippen LogP contribution in [0.3, 0.4) is 0 Å². The number of hydrogen-bond donors (Lipinski definition) is 1. The molecule has 0 bridgehead atoms. The summed E-state index contributed by atoms with van der Waals surface area (Å²) in [6, 6.07) is 10.7. The molecule has 5 rings (SSSR count). The number of nitrogens with zero attached hydrogens (tertiary/aromatic N) is 4. The lowest BCUT2D eigenvalue weighted by Crippen LogP contribution is -2.41. The fraction of sp³-hybridized carbons (Fsp3) is 0.480. The maximum absolute atomic E-state index is 10.8. The number of fused-ring (bicyclic) bond motifs is 1. The first-order valence-electron chi connectivity index (χ1n) is 11.1. The van der Waals surface area contributed by atoms with Crippen molar-refractivity contribution in [2.24, 2.45) is 10.4 Å². The molecule has 6 heteroatoms. The van der Waals surface area contributed by atoms with Crippen LogP contribution in [0.2, 0.25) is 0 Å².